The van der Waals surface area contributed by atoms with Crippen molar-refractivity contribution >= 4 is 18.0 Å². The molecule has 0 aromatic carbocycles. The lowest BCUT2D eigenvalue weighted by Crippen LogP contribution is -2.37. The Kier molecular flexibility index (Phi) is 5.26. The van der Waals surface area contributed by atoms with Crippen LogP contribution in [0.15, 0.2) is 12.4 Å². The van der Waals surface area contributed by atoms with Crippen molar-refractivity contribution in [3.63, 3.8) is 0 Å². The van der Waals surface area contributed by atoms with Crippen LogP contribution in [0.4, 0.5) is 10.7 Å². The van der Waals surface area contributed by atoms with Crippen molar-refractivity contribution in [3.05, 3.63) is 18.0 Å². The maximum absolute atomic E-state index is 12.3. The van der Waals surface area contributed by atoms with Gasteiger partial charge in [-0.3, -0.25) is 0 Å². The predicted molar refractivity (Wildman–Crippen MR) is 99.7 cm³/mol. The molecule has 2 fully saturated rings. The second-order valence-electron chi connectivity index (χ2n) is 8.32. The summed E-state index contributed by atoms with van der Waals surface area (Å²) in [4.78, 5) is 36.6. The van der Waals surface area contributed by atoms with E-state index in [0.717, 1.165) is 25.9 Å². The van der Waals surface area contributed by atoms with Crippen LogP contribution < -0.4 is 4.90 Å². The zero-order valence-corrected chi connectivity index (χ0v) is 16.5. The Balaban J connectivity index is 1.60. The Labute approximate surface area is 159 Å². The number of esters is 1. The van der Waals surface area contributed by atoms with Gasteiger partial charge in [-0.1, -0.05) is 0 Å². The average Bonchev–Trinajstić information content (AvgIpc) is 3.21. The third-order valence-electron chi connectivity index (χ3n) is 4.96. The summed E-state index contributed by atoms with van der Waals surface area (Å²) in [5.74, 6) is 0.196. The quantitative estimate of drug-likeness (QED) is 0.749. The molecule has 148 valence electrons. The highest BCUT2D eigenvalue weighted by Gasteiger charge is 2.46. The molecule has 3 rings (SSSR count). The first kappa shape index (κ1) is 19.4. The highest BCUT2D eigenvalue weighted by Crippen LogP contribution is 2.40. The number of anilines is 1. The van der Waals surface area contributed by atoms with Crippen molar-refractivity contribution < 1.29 is 19.1 Å². The van der Waals surface area contributed by atoms with E-state index in [1.54, 1.807) is 11.8 Å². The number of nitrogens with zero attached hydrogens (tertiary/aromatic N) is 4. The number of carbonyl (C=O) groups excluding carboxylic acids is 2. The van der Waals surface area contributed by atoms with Gasteiger partial charge in [0.25, 0.3) is 0 Å². The van der Waals surface area contributed by atoms with Crippen LogP contribution in [-0.2, 0) is 9.47 Å². The molecule has 2 aliphatic heterocycles. The zero-order valence-electron chi connectivity index (χ0n) is 16.5. The molecule has 2 aliphatic rings. The molecule has 0 saturated carbocycles. The lowest BCUT2D eigenvalue weighted by molar-refractivity contribution is 0.0276. The number of amides is 1. The summed E-state index contributed by atoms with van der Waals surface area (Å²) < 4.78 is 10.5. The van der Waals surface area contributed by atoms with Crippen molar-refractivity contribution in [2.24, 2.45) is 5.41 Å². The molecule has 0 bridgehead atoms. The summed E-state index contributed by atoms with van der Waals surface area (Å²) >= 11 is 0. The second-order valence-corrected chi connectivity index (χ2v) is 8.32. The third kappa shape index (κ3) is 4.48. The number of carbonyl (C=O) groups is 2. The molecule has 27 heavy (non-hydrogen) atoms. The summed E-state index contributed by atoms with van der Waals surface area (Å²) in [6, 6.07) is 0. The van der Waals surface area contributed by atoms with E-state index in [9.17, 15) is 9.59 Å². The van der Waals surface area contributed by atoms with E-state index in [-0.39, 0.29) is 11.5 Å². The molecule has 1 unspecified atom stereocenters. The van der Waals surface area contributed by atoms with Gasteiger partial charge >= 0.3 is 12.1 Å². The van der Waals surface area contributed by atoms with Crippen molar-refractivity contribution in [2.75, 3.05) is 37.7 Å². The van der Waals surface area contributed by atoms with Crippen molar-refractivity contribution in [2.45, 2.75) is 46.1 Å². The van der Waals surface area contributed by atoms with Gasteiger partial charge in [0.05, 0.1) is 12.2 Å². The van der Waals surface area contributed by atoms with Gasteiger partial charge in [0.15, 0.2) is 0 Å². The van der Waals surface area contributed by atoms with Gasteiger partial charge in [-0.15, -0.1) is 0 Å². The molecule has 2 saturated heterocycles. The van der Waals surface area contributed by atoms with Crippen molar-refractivity contribution in [3.8, 4) is 0 Å². The monoisotopic (exact) mass is 376 g/mol. The normalized spacial score (nSPS) is 22.4. The minimum absolute atomic E-state index is 0.0556. The molecule has 1 atom stereocenters. The van der Waals surface area contributed by atoms with Crippen LogP contribution in [0.3, 0.4) is 0 Å². The molecule has 3 heterocycles. The van der Waals surface area contributed by atoms with E-state index in [0.29, 0.717) is 31.2 Å². The molecule has 1 amide bonds. The van der Waals surface area contributed by atoms with Gasteiger partial charge in [-0.25, -0.2) is 19.6 Å². The summed E-state index contributed by atoms with van der Waals surface area (Å²) in [5.41, 5.74) is -0.0742. The number of rotatable bonds is 3. The van der Waals surface area contributed by atoms with Gasteiger partial charge in [0, 0.05) is 44.0 Å². The standard InChI is InChI=1S/C19H28N4O4/c1-5-26-15(24)14-10-20-16(21-11-14)22-8-6-19(12-22)7-9-23(13-19)17(25)27-18(2,3)4/h10-11H,5-9,12-13H2,1-4H3. The van der Waals surface area contributed by atoms with E-state index in [2.05, 4.69) is 14.9 Å². The maximum atomic E-state index is 12.3. The minimum atomic E-state index is -0.483. The van der Waals surface area contributed by atoms with E-state index >= 15 is 0 Å². The Hall–Kier alpha value is -2.38. The minimum Gasteiger partial charge on any atom is -0.462 e. The zero-order chi connectivity index (χ0) is 19.7. The fourth-order valence-corrected chi connectivity index (χ4v) is 3.66. The van der Waals surface area contributed by atoms with Crippen LogP contribution >= 0.6 is 0 Å². The number of ether oxygens (including phenoxy) is 2. The van der Waals surface area contributed by atoms with Crippen LogP contribution in [0.2, 0.25) is 0 Å². The molecule has 8 heteroatoms. The number of hydrogen-bond donors (Lipinski definition) is 0. The first-order valence-electron chi connectivity index (χ1n) is 9.43. The lowest BCUT2D eigenvalue weighted by Gasteiger charge is -2.27. The third-order valence-corrected chi connectivity index (χ3v) is 4.96. The van der Waals surface area contributed by atoms with Crippen LogP contribution in [-0.4, -0.2) is 65.3 Å². The first-order valence-corrected chi connectivity index (χ1v) is 9.43. The smallest absolute Gasteiger partial charge is 0.410 e. The first-order chi connectivity index (χ1) is 12.7. The van der Waals surface area contributed by atoms with Gasteiger partial charge in [-0.2, -0.15) is 0 Å². The fourth-order valence-electron chi connectivity index (χ4n) is 3.66. The average molecular weight is 376 g/mol. The van der Waals surface area contributed by atoms with E-state index < -0.39 is 11.6 Å². The van der Waals surface area contributed by atoms with Crippen LogP contribution in [0, 0.1) is 5.41 Å². The lowest BCUT2D eigenvalue weighted by atomic mass is 9.86. The predicted octanol–water partition coefficient (Wildman–Crippen LogP) is 2.49. The van der Waals surface area contributed by atoms with E-state index in [1.165, 1.54) is 12.4 Å². The summed E-state index contributed by atoms with van der Waals surface area (Å²) in [5, 5.41) is 0. The molecular weight excluding hydrogens is 348 g/mol. The highest BCUT2D eigenvalue weighted by molar-refractivity contribution is 5.88. The fraction of sp³-hybridized carbons (Fsp3) is 0.684. The Morgan fingerprint density at radius 3 is 2.44 bits per heavy atom. The molecule has 1 aromatic rings. The number of likely N-dealkylation sites (tertiary alicyclic amines) is 1. The summed E-state index contributed by atoms with van der Waals surface area (Å²) in [6.07, 6.45) is 4.70. The molecule has 8 nitrogen and oxygen atoms in total. The maximum Gasteiger partial charge on any atom is 0.410 e. The van der Waals surface area contributed by atoms with E-state index in [4.69, 9.17) is 9.47 Å². The van der Waals surface area contributed by atoms with E-state index in [1.807, 2.05) is 20.8 Å². The largest absolute Gasteiger partial charge is 0.462 e. The SMILES string of the molecule is CCOC(=O)c1cnc(N2CCC3(CCN(C(=O)OC(C)(C)C)C3)C2)nc1. The van der Waals surface area contributed by atoms with Gasteiger partial charge in [0.2, 0.25) is 5.95 Å². The molecule has 1 spiro atoms. The Morgan fingerprint density at radius 1 is 1.15 bits per heavy atom. The molecule has 0 N–H and O–H groups in total. The van der Waals surface area contributed by atoms with Gasteiger partial charge in [-0.05, 0) is 40.5 Å². The Bertz CT molecular complexity index is 701. The summed E-state index contributed by atoms with van der Waals surface area (Å²) in [7, 11) is 0. The summed E-state index contributed by atoms with van der Waals surface area (Å²) in [6.45, 7) is 10.8. The van der Waals surface area contributed by atoms with Crippen molar-refractivity contribution in [1.29, 1.82) is 0 Å². The molecule has 0 radical (unpaired) electrons. The highest BCUT2D eigenvalue weighted by atomic mass is 16.6. The van der Waals surface area contributed by atoms with Gasteiger partial charge < -0.3 is 19.3 Å². The molecule has 0 aliphatic carbocycles. The van der Waals surface area contributed by atoms with Crippen molar-refractivity contribution in [1.82, 2.24) is 14.9 Å². The van der Waals surface area contributed by atoms with Crippen LogP contribution in [0.1, 0.15) is 50.9 Å². The topological polar surface area (TPSA) is 84.9 Å². The van der Waals surface area contributed by atoms with Gasteiger partial charge in [0.1, 0.15) is 5.60 Å². The van der Waals surface area contributed by atoms with Crippen LogP contribution in [0.5, 0.6) is 0 Å². The number of aromatic nitrogens is 2. The molecular formula is C19H28N4O4. The second kappa shape index (κ2) is 7.32. The van der Waals surface area contributed by atoms with Crippen LogP contribution in [0.25, 0.3) is 0 Å². The Morgan fingerprint density at radius 2 is 1.81 bits per heavy atom. The number of hydrogen-bond acceptors (Lipinski definition) is 7. The molecule has 1 aromatic heterocycles.